The van der Waals surface area contributed by atoms with Crippen molar-refractivity contribution < 1.29 is 4.79 Å². The Morgan fingerprint density at radius 2 is 1.45 bits per heavy atom. The highest BCUT2D eigenvalue weighted by molar-refractivity contribution is 6.01. The number of allylic oxidation sites excluding steroid dienone is 1. The van der Waals surface area contributed by atoms with Crippen molar-refractivity contribution in [3.63, 3.8) is 0 Å². The molecule has 3 rings (SSSR count). The number of amides is 1. The first-order valence-electron chi connectivity index (χ1n) is 11.0. The van der Waals surface area contributed by atoms with E-state index in [2.05, 4.69) is 35.2 Å². The molecule has 0 saturated carbocycles. The van der Waals surface area contributed by atoms with E-state index in [4.69, 9.17) is 0 Å². The number of anilines is 1. The molecule has 1 saturated heterocycles. The summed E-state index contributed by atoms with van der Waals surface area (Å²) in [5.74, 6) is 0.0789. The quantitative estimate of drug-likeness (QED) is 0.555. The number of nitrogens with zero attached hydrogens (tertiary/aromatic N) is 2. The number of likely N-dealkylation sites (tertiary alicyclic amines) is 1. The van der Waals surface area contributed by atoms with Crippen molar-refractivity contribution in [3.05, 3.63) is 78.4 Å². The lowest BCUT2D eigenvalue weighted by molar-refractivity contribution is -0.114. The molecule has 0 N–H and O–H groups in total. The molecular weight excluding hydrogens is 356 g/mol. The lowest BCUT2D eigenvalue weighted by atomic mass is 10.0. The Morgan fingerprint density at radius 3 is 1.97 bits per heavy atom. The number of rotatable bonds is 5. The molecule has 1 heterocycles. The molecule has 0 unspecified atom stereocenters. The van der Waals surface area contributed by atoms with Crippen molar-refractivity contribution in [1.82, 2.24) is 4.90 Å². The van der Waals surface area contributed by atoms with Gasteiger partial charge in [-0.1, -0.05) is 82.3 Å². The van der Waals surface area contributed by atoms with Gasteiger partial charge >= 0.3 is 0 Å². The van der Waals surface area contributed by atoms with E-state index in [1.165, 1.54) is 5.56 Å². The summed E-state index contributed by atoms with van der Waals surface area (Å²) in [6, 6.07) is 20.9. The minimum Gasteiger partial charge on any atom is -0.306 e. The Balaban J connectivity index is 0.000000989. The molecule has 1 aliphatic heterocycles. The monoisotopic (exact) mass is 394 g/mol. The van der Waals surface area contributed by atoms with Gasteiger partial charge in [0.25, 0.3) is 5.91 Å². The molecule has 2 aromatic carbocycles. The number of carbonyl (C=O) groups excluding carboxylic acids is 1. The van der Waals surface area contributed by atoms with Crippen LogP contribution in [-0.2, 0) is 11.3 Å². The zero-order valence-electron chi connectivity index (χ0n) is 18.8. The summed E-state index contributed by atoms with van der Waals surface area (Å²) < 4.78 is 0. The number of carbonyl (C=O) groups is 1. The van der Waals surface area contributed by atoms with Crippen LogP contribution < -0.4 is 4.90 Å². The van der Waals surface area contributed by atoms with E-state index in [0.717, 1.165) is 38.2 Å². The van der Waals surface area contributed by atoms with E-state index in [9.17, 15) is 4.79 Å². The second-order valence-electron chi connectivity index (χ2n) is 6.54. The molecule has 0 bridgehead atoms. The second kappa shape index (κ2) is 14.6. The van der Waals surface area contributed by atoms with Gasteiger partial charge in [0.05, 0.1) is 0 Å². The van der Waals surface area contributed by atoms with Gasteiger partial charge in [0.1, 0.15) is 0 Å². The molecule has 0 radical (unpaired) electrons. The van der Waals surface area contributed by atoms with Gasteiger partial charge < -0.3 is 4.90 Å². The topological polar surface area (TPSA) is 23.6 Å². The van der Waals surface area contributed by atoms with Crippen molar-refractivity contribution in [2.75, 3.05) is 18.0 Å². The smallest absolute Gasteiger partial charge is 0.250 e. The summed E-state index contributed by atoms with van der Waals surface area (Å²) in [7, 11) is 0. The van der Waals surface area contributed by atoms with Crippen LogP contribution >= 0.6 is 0 Å². The SMILES string of the molecule is C/C=C/C(=O)N(c1ccccc1)C1CCN(Cc2ccccc2)CC1.CC.CC. The highest BCUT2D eigenvalue weighted by Crippen LogP contribution is 2.25. The maximum atomic E-state index is 12.6. The standard InChI is InChI=1S/C22H26N2O.2C2H6/c1-2-9-22(25)24(20-12-7-4-8-13-20)21-14-16-23(17-15-21)18-19-10-5-3-6-11-19;2*1-2/h2-13,21H,14-18H2,1H3;2*1-2H3/b9-2+;;. The minimum atomic E-state index is 0.0789. The van der Waals surface area contributed by atoms with Crippen LogP contribution in [0.1, 0.15) is 53.0 Å². The maximum absolute atomic E-state index is 12.6. The molecule has 0 aliphatic carbocycles. The fourth-order valence-electron chi connectivity index (χ4n) is 3.51. The average molecular weight is 395 g/mol. The van der Waals surface area contributed by atoms with Gasteiger partial charge in [-0.05, 0) is 43.5 Å². The van der Waals surface area contributed by atoms with E-state index in [1.807, 2.05) is 75.9 Å². The van der Waals surface area contributed by atoms with Crippen molar-refractivity contribution in [2.24, 2.45) is 0 Å². The van der Waals surface area contributed by atoms with Crippen molar-refractivity contribution in [2.45, 2.75) is 60.0 Å². The predicted octanol–water partition coefficient (Wildman–Crippen LogP) is 6.31. The molecule has 29 heavy (non-hydrogen) atoms. The Morgan fingerprint density at radius 1 is 0.931 bits per heavy atom. The molecule has 1 amide bonds. The average Bonchev–Trinajstić information content (AvgIpc) is 2.80. The first kappa shape index (κ1) is 24.6. The zero-order valence-corrected chi connectivity index (χ0v) is 18.8. The molecule has 2 aromatic rings. The van der Waals surface area contributed by atoms with Crippen LogP contribution in [0.5, 0.6) is 0 Å². The lowest BCUT2D eigenvalue weighted by Crippen LogP contribution is -2.47. The molecule has 0 aromatic heterocycles. The van der Waals surface area contributed by atoms with Gasteiger partial charge in [0.2, 0.25) is 0 Å². The molecular formula is C26H38N2O. The van der Waals surface area contributed by atoms with Gasteiger partial charge in [-0.25, -0.2) is 0 Å². The van der Waals surface area contributed by atoms with Crippen molar-refractivity contribution >= 4 is 11.6 Å². The van der Waals surface area contributed by atoms with Crippen LogP contribution in [-0.4, -0.2) is 29.9 Å². The molecule has 3 nitrogen and oxygen atoms in total. The third-order valence-corrected chi connectivity index (χ3v) is 4.75. The Bertz CT molecular complexity index is 689. The van der Waals surface area contributed by atoms with Crippen LogP contribution in [0.3, 0.4) is 0 Å². The van der Waals surface area contributed by atoms with Crippen LogP contribution in [0.4, 0.5) is 5.69 Å². The van der Waals surface area contributed by atoms with Gasteiger partial charge in [-0.15, -0.1) is 0 Å². The molecule has 158 valence electrons. The highest BCUT2D eigenvalue weighted by atomic mass is 16.2. The Labute approximate surface area is 178 Å². The number of benzene rings is 2. The first-order valence-corrected chi connectivity index (χ1v) is 11.0. The van der Waals surface area contributed by atoms with E-state index in [-0.39, 0.29) is 11.9 Å². The predicted molar refractivity (Wildman–Crippen MR) is 126 cm³/mol. The molecule has 1 aliphatic rings. The lowest BCUT2D eigenvalue weighted by Gasteiger charge is -2.38. The van der Waals surface area contributed by atoms with E-state index < -0.39 is 0 Å². The number of hydrogen-bond donors (Lipinski definition) is 0. The van der Waals surface area contributed by atoms with Crippen molar-refractivity contribution in [1.29, 1.82) is 0 Å². The van der Waals surface area contributed by atoms with Crippen LogP contribution in [0.25, 0.3) is 0 Å². The molecule has 0 atom stereocenters. The summed E-state index contributed by atoms with van der Waals surface area (Å²) in [5, 5.41) is 0. The van der Waals surface area contributed by atoms with E-state index in [1.54, 1.807) is 6.08 Å². The molecule has 1 fully saturated rings. The third-order valence-electron chi connectivity index (χ3n) is 4.75. The van der Waals surface area contributed by atoms with Crippen LogP contribution in [0, 0.1) is 0 Å². The summed E-state index contributed by atoms with van der Waals surface area (Å²) in [5.41, 5.74) is 2.35. The summed E-state index contributed by atoms with van der Waals surface area (Å²) in [4.78, 5) is 17.1. The fraction of sp³-hybridized carbons (Fsp3) is 0.423. The van der Waals surface area contributed by atoms with E-state index >= 15 is 0 Å². The number of piperidine rings is 1. The van der Waals surface area contributed by atoms with E-state index in [0.29, 0.717) is 0 Å². The van der Waals surface area contributed by atoms with Gasteiger partial charge in [-0.3, -0.25) is 9.69 Å². The summed E-state index contributed by atoms with van der Waals surface area (Å²) in [6.45, 7) is 12.9. The van der Waals surface area contributed by atoms with Gasteiger partial charge in [0.15, 0.2) is 0 Å². The Hall–Kier alpha value is -2.39. The first-order chi connectivity index (χ1) is 14.3. The maximum Gasteiger partial charge on any atom is 0.250 e. The summed E-state index contributed by atoms with van der Waals surface area (Å²) >= 11 is 0. The highest BCUT2D eigenvalue weighted by Gasteiger charge is 2.28. The molecule has 0 spiro atoms. The van der Waals surface area contributed by atoms with Crippen LogP contribution in [0.15, 0.2) is 72.8 Å². The molecule has 3 heteroatoms. The van der Waals surface area contributed by atoms with Gasteiger partial charge in [0, 0.05) is 31.4 Å². The Kier molecular flexibility index (Phi) is 12.4. The third kappa shape index (κ3) is 7.86. The minimum absolute atomic E-state index is 0.0789. The van der Waals surface area contributed by atoms with Gasteiger partial charge in [-0.2, -0.15) is 0 Å². The largest absolute Gasteiger partial charge is 0.306 e. The number of para-hydroxylation sites is 1. The number of hydrogen-bond acceptors (Lipinski definition) is 2. The summed E-state index contributed by atoms with van der Waals surface area (Å²) in [6.07, 6.45) is 5.50. The zero-order chi connectivity index (χ0) is 21.5. The normalized spacial score (nSPS) is 14.4. The second-order valence-corrected chi connectivity index (χ2v) is 6.54. The fourth-order valence-corrected chi connectivity index (χ4v) is 3.51. The van der Waals surface area contributed by atoms with Crippen LogP contribution in [0.2, 0.25) is 0 Å². The van der Waals surface area contributed by atoms with Crippen molar-refractivity contribution in [3.8, 4) is 0 Å².